The summed E-state index contributed by atoms with van der Waals surface area (Å²) >= 11 is 0. The van der Waals surface area contributed by atoms with Gasteiger partial charge >= 0.3 is 5.97 Å². The number of aliphatic carboxylic acids is 1. The summed E-state index contributed by atoms with van der Waals surface area (Å²) in [5, 5.41) is 9.88. The molecule has 0 radical (unpaired) electrons. The molecule has 0 aromatic heterocycles. The van der Waals surface area contributed by atoms with Gasteiger partial charge in [-0.25, -0.2) is 0 Å². The van der Waals surface area contributed by atoms with Crippen molar-refractivity contribution in [2.24, 2.45) is 11.3 Å². The molecule has 2 atom stereocenters. The first-order chi connectivity index (χ1) is 12.6. The summed E-state index contributed by atoms with van der Waals surface area (Å²) in [4.78, 5) is 27.5. The number of hydrogen-bond donors (Lipinski definition) is 1. The van der Waals surface area contributed by atoms with Crippen LogP contribution in [0, 0.1) is 11.3 Å². The molecule has 140 valence electrons. The molecule has 1 aromatic carbocycles. The first-order valence-corrected chi connectivity index (χ1v) is 9.32. The predicted molar refractivity (Wildman–Crippen MR) is 93.7 cm³/mol. The quantitative estimate of drug-likeness (QED) is 0.889. The summed E-state index contributed by atoms with van der Waals surface area (Å²) in [5.41, 5.74) is -0.478. The minimum absolute atomic E-state index is 0.0435. The van der Waals surface area contributed by atoms with Crippen molar-refractivity contribution in [1.29, 1.82) is 0 Å². The maximum atomic E-state index is 13.7. The first-order valence-electron chi connectivity index (χ1n) is 9.32. The Morgan fingerprint density at radius 3 is 2.38 bits per heavy atom. The van der Waals surface area contributed by atoms with Crippen LogP contribution >= 0.6 is 0 Å². The van der Waals surface area contributed by atoms with E-state index in [0.717, 1.165) is 5.56 Å². The highest BCUT2D eigenvalue weighted by Crippen LogP contribution is 2.45. The van der Waals surface area contributed by atoms with Gasteiger partial charge in [0.2, 0.25) is 5.91 Å². The number of carboxylic acid groups (broad SMARTS) is 1. The normalized spacial score (nSPS) is 30.6. The van der Waals surface area contributed by atoms with Crippen molar-refractivity contribution < 1.29 is 24.2 Å². The molecule has 26 heavy (non-hydrogen) atoms. The topological polar surface area (TPSA) is 76.1 Å². The van der Waals surface area contributed by atoms with Crippen LogP contribution in [0.5, 0.6) is 0 Å². The number of amides is 1. The van der Waals surface area contributed by atoms with E-state index in [1.807, 2.05) is 30.3 Å². The van der Waals surface area contributed by atoms with Crippen LogP contribution in [-0.2, 0) is 24.5 Å². The Bertz CT molecular complexity index is 685. The highest BCUT2D eigenvalue weighted by molar-refractivity contribution is 5.90. The van der Waals surface area contributed by atoms with E-state index >= 15 is 0 Å². The van der Waals surface area contributed by atoms with Gasteiger partial charge in [0, 0.05) is 38.8 Å². The average Bonchev–Trinajstić information content (AvgIpc) is 3.10. The zero-order chi connectivity index (χ0) is 18.2. The molecule has 1 N–H and O–H groups in total. The molecule has 0 saturated carbocycles. The van der Waals surface area contributed by atoms with Gasteiger partial charge in [-0.15, -0.1) is 0 Å². The van der Waals surface area contributed by atoms with Crippen molar-refractivity contribution in [2.75, 3.05) is 39.5 Å². The summed E-state index contributed by atoms with van der Waals surface area (Å²) in [6.07, 6.45) is 1.74. The monoisotopic (exact) mass is 359 g/mol. The van der Waals surface area contributed by atoms with Crippen LogP contribution < -0.4 is 0 Å². The summed E-state index contributed by atoms with van der Waals surface area (Å²) in [6, 6.07) is 9.86. The third kappa shape index (κ3) is 2.63. The standard InChI is InChI=1S/C20H25NO5/c22-17(19(6-9-25-10-7-19)15-4-2-1-3-5-15)21-12-16-13-26-11-8-20(16,14-21)18(23)24/h1-5,16H,6-14H2,(H,23,24)/t16-,20+/m0/s1. The lowest BCUT2D eigenvalue weighted by Crippen LogP contribution is -2.50. The van der Waals surface area contributed by atoms with Gasteiger partial charge in [-0.2, -0.15) is 0 Å². The van der Waals surface area contributed by atoms with Gasteiger partial charge in [0.15, 0.2) is 0 Å². The highest BCUT2D eigenvalue weighted by Gasteiger charge is 2.57. The van der Waals surface area contributed by atoms with Gasteiger partial charge in [0.05, 0.1) is 17.4 Å². The molecule has 3 fully saturated rings. The highest BCUT2D eigenvalue weighted by atomic mass is 16.5. The van der Waals surface area contributed by atoms with Crippen molar-refractivity contribution in [3.8, 4) is 0 Å². The second-order valence-electron chi connectivity index (χ2n) is 7.73. The maximum Gasteiger partial charge on any atom is 0.311 e. The second-order valence-corrected chi connectivity index (χ2v) is 7.73. The second kappa shape index (κ2) is 6.67. The molecule has 0 bridgehead atoms. The van der Waals surface area contributed by atoms with Crippen LogP contribution in [0.1, 0.15) is 24.8 Å². The molecule has 6 heteroatoms. The van der Waals surface area contributed by atoms with Gasteiger partial charge < -0.3 is 19.5 Å². The lowest BCUT2D eigenvalue weighted by molar-refractivity contribution is -0.157. The molecule has 3 heterocycles. The van der Waals surface area contributed by atoms with Gasteiger partial charge in [-0.05, 0) is 24.8 Å². The minimum Gasteiger partial charge on any atom is -0.481 e. The smallest absolute Gasteiger partial charge is 0.311 e. The van der Waals surface area contributed by atoms with E-state index in [1.54, 1.807) is 4.90 Å². The molecule has 1 aromatic rings. The lowest BCUT2D eigenvalue weighted by atomic mass is 9.73. The molecule has 3 aliphatic rings. The fourth-order valence-electron chi connectivity index (χ4n) is 4.86. The zero-order valence-electron chi connectivity index (χ0n) is 14.9. The van der Waals surface area contributed by atoms with E-state index in [-0.39, 0.29) is 18.4 Å². The van der Waals surface area contributed by atoms with Crippen LogP contribution in [0.25, 0.3) is 0 Å². The number of hydrogen-bond acceptors (Lipinski definition) is 4. The Hall–Kier alpha value is -1.92. The van der Waals surface area contributed by atoms with Crippen LogP contribution in [0.3, 0.4) is 0 Å². The Balaban J connectivity index is 1.66. The van der Waals surface area contributed by atoms with E-state index < -0.39 is 16.8 Å². The van der Waals surface area contributed by atoms with E-state index in [1.165, 1.54) is 0 Å². The Morgan fingerprint density at radius 1 is 1.04 bits per heavy atom. The minimum atomic E-state index is -0.864. The third-order valence-electron chi connectivity index (χ3n) is 6.50. The molecular weight excluding hydrogens is 334 g/mol. The van der Waals surface area contributed by atoms with Gasteiger partial charge in [-0.3, -0.25) is 9.59 Å². The Morgan fingerprint density at radius 2 is 1.73 bits per heavy atom. The number of rotatable bonds is 3. The summed E-state index contributed by atoms with van der Waals surface area (Å²) in [6.45, 7) is 2.70. The fraction of sp³-hybridized carbons (Fsp3) is 0.600. The predicted octanol–water partition coefficient (Wildman–Crippen LogP) is 1.68. The first kappa shape index (κ1) is 17.5. The molecule has 0 aliphatic carbocycles. The number of carbonyl (C=O) groups is 2. The third-order valence-corrected chi connectivity index (χ3v) is 6.50. The van der Waals surface area contributed by atoms with Crippen LogP contribution in [-0.4, -0.2) is 61.4 Å². The SMILES string of the molecule is O=C(N1C[C@H]2COCC[C@@]2(C(=O)O)C1)C1(c2ccccc2)CCOCC1. The number of ether oxygens (including phenoxy) is 2. The molecule has 6 nitrogen and oxygen atoms in total. The van der Waals surface area contributed by atoms with Crippen molar-refractivity contribution >= 4 is 11.9 Å². The van der Waals surface area contributed by atoms with Crippen molar-refractivity contribution in [1.82, 2.24) is 4.90 Å². The molecule has 0 unspecified atom stereocenters. The number of benzene rings is 1. The molecule has 3 saturated heterocycles. The van der Waals surface area contributed by atoms with Crippen LogP contribution in [0.4, 0.5) is 0 Å². The van der Waals surface area contributed by atoms with E-state index in [4.69, 9.17) is 9.47 Å². The van der Waals surface area contributed by atoms with E-state index in [2.05, 4.69) is 0 Å². The van der Waals surface area contributed by atoms with Gasteiger partial charge in [0.1, 0.15) is 0 Å². The largest absolute Gasteiger partial charge is 0.481 e. The van der Waals surface area contributed by atoms with Crippen LogP contribution in [0.15, 0.2) is 30.3 Å². The van der Waals surface area contributed by atoms with Gasteiger partial charge in [-0.1, -0.05) is 30.3 Å². The Labute approximate surface area is 153 Å². The summed E-state index contributed by atoms with van der Waals surface area (Å²) in [7, 11) is 0. The molecule has 3 aliphatic heterocycles. The number of carbonyl (C=O) groups excluding carboxylic acids is 1. The summed E-state index contributed by atoms with van der Waals surface area (Å²) < 4.78 is 11.0. The molecule has 0 spiro atoms. The number of likely N-dealkylation sites (tertiary alicyclic amines) is 1. The summed E-state index contributed by atoms with van der Waals surface area (Å²) in [5.74, 6) is -0.894. The van der Waals surface area contributed by atoms with Crippen molar-refractivity contribution in [3.05, 3.63) is 35.9 Å². The van der Waals surface area contributed by atoms with Crippen LogP contribution in [0.2, 0.25) is 0 Å². The molecule has 4 rings (SSSR count). The number of fused-ring (bicyclic) bond motifs is 1. The van der Waals surface area contributed by atoms with Crippen molar-refractivity contribution in [3.63, 3.8) is 0 Å². The van der Waals surface area contributed by atoms with Crippen molar-refractivity contribution in [2.45, 2.75) is 24.7 Å². The zero-order valence-corrected chi connectivity index (χ0v) is 14.9. The lowest BCUT2D eigenvalue weighted by Gasteiger charge is -2.39. The number of nitrogens with zero attached hydrogens (tertiary/aromatic N) is 1. The fourth-order valence-corrected chi connectivity index (χ4v) is 4.86. The molecule has 1 amide bonds. The Kier molecular flexibility index (Phi) is 4.49. The maximum absolute atomic E-state index is 13.7. The van der Waals surface area contributed by atoms with E-state index in [0.29, 0.717) is 52.2 Å². The van der Waals surface area contributed by atoms with Gasteiger partial charge in [0.25, 0.3) is 0 Å². The molecular formula is C20H25NO5. The van der Waals surface area contributed by atoms with E-state index in [9.17, 15) is 14.7 Å². The average molecular weight is 359 g/mol. The number of carboxylic acids is 1.